The highest BCUT2D eigenvalue weighted by atomic mass is 15.4. The first-order valence-corrected chi connectivity index (χ1v) is 10.9. The number of aryl methyl sites for hydroxylation is 2. The minimum absolute atomic E-state index is 0.00191. The predicted molar refractivity (Wildman–Crippen MR) is 131 cm³/mol. The van der Waals surface area contributed by atoms with Crippen LogP contribution in [0.4, 0.5) is 0 Å². The minimum Gasteiger partial charge on any atom is -0.245 e. The molecule has 3 heterocycles. The number of hydrogen-bond acceptors (Lipinski definition) is 3. The lowest BCUT2D eigenvalue weighted by atomic mass is 9.92. The quantitative estimate of drug-likeness (QED) is 0.452. The van der Waals surface area contributed by atoms with Crippen molar-refractivity contribution in [2.24, 2.45) is 10.2 Å². The van der Waals surface area contributed by atoms with E-state index in [1.807, 2.05) is 36.7 Å². The van der Waals surface area contributed by atoms with Gasteiger partial charge < -0.3 is 0 Å². The van der Waals surface area contributed by atoms with Gasteiger partial charge in [0.1, 0.15) is 0 Å². The summed E-state index contributed by atoms with van der Waals surface area (Å²) in [7, 11) is 0. The Morgan fingerprint density at radius 3 is 1.81 bits per heavy atom. The summed E-state index contributed by atoms with van der Waals surface area (Å²) in [5.74, 6) is 0.384. The van der Waals surface area contributed by atoms with Crippen molar-refractivity contribution in [2.45, 2.75) is 73.6 Å². The molecule has 0 spiro atoms. The summed E-state index contributed by atoms with van der Waals surface area (Å²) < 4.78 is 4.05. The molecular weight excluding hydrogens is 382 g/mol. The maximum absolute atomic E-state index is 5.01. The third-order valence-electron chi connectivity index (χ3n) is 5.47. The van der Waals surface area contributed by atoms with E-state index in [-0.39, 0.29) is 5.41 Å². The molecule has 3 aromatic rings. The average molecular weight is 418 g/mol. The highest BCUT2D eigenvalue weighted by molar-refractivity contribution is 6.00. The topological polar surface area (TPSA) is 47.5 Å². The van der Waals surface area contributed by atoms with Crippen LogP contribution in [0, 0.1) is 13.8 Å². The van der Waals surface area contributed by atoms with Crippen LogP contribution in [-0.2, 0) is 5.41 Å². The van der Waals surface area contributed by atoms with Gasteiger partial charge in [-0.1, -0.05) is 40.7 Å². The van der Waals surface area contributed by atoms with Crippen LogP contribution in [0.5, 0.6) is 0 Å². The van der Waals surface area contributed by atoms with E-state index in [1.54, 1.807) is 0 Å². The van der Waals surface area contributed by atoms with Crippen molar-refractivity contribution in [3.05, 3.63) is 76.6 Å². The van der Waals surface area contributed by atoms with Gasteiger partial charge in [0.05, 0.1) is 22.8 Å². The smallest absolute Gasteiger partial charge is 0.0867 e. The van der Waals surface area contributed by atoms with Crippen LogP contribution < -0.4 is 0 Å². The molecule has 0 saturated carbocycles. The molecule has 3 rings (SSSR count). The SMILES string of the molecule is C/C(=N\n1c(C)ccc1C)c1cccc(/C(C)=N/n2c(C(C)C)ccc2C(C)(C)C)n1. The van der Waals surface area contributed by atoms with E-state index in [0.29, 0.717) is 5.92 Å². The Morgan fingerprint density at radius 2 is 1.32 bits per heavy atom. The molecule has 0 fully saturated rings. The Hall–Kier alpha value is -2.95. The highest BCUT2D eigenvalue weighted by Crippen LogP contribution is 2.28. The van der Waals surface area contributed by atoms with Gasteiger partial charge in [-0.25, -0.2) is 14.3 Å². The summed E-state index contributed by atoms with van der Waals surface area (Å²) in [6.45, 7) is 19.2. The fourth-order valence-corrected chi connectivity index (χ4v) is 3.62. The lowest BCUT2D eigenvalue weighted by molar-refractivity contribution is 0.528. The fraction of sp³-hybridized carbons (Fsp3) is 0.423. The van der Waals surface area contributed by atoms with Crippen molar-refractivity contribution in [3.63, 3.8) is 0 Å². The lowest BCUT2D eigenvalue weighted by Crippen LogP contribution is -2.18. The zero-order valence-electron chi connectivity index (χ0n) is 20.4. The molecule has 5 nitrogen and oxygen atoms in total. The molecule has 31 heavy (non-hydrogen) atoms. The van der Waals surface area contributed by atoms with Crippen molar-refractivity contribution in [1.82, 2.24) is 14.3 Å². The molecule has 0 aliphatic rings. The van der Waals surface area contributed by atoms with Gasteiger partial charge in [0, 0.05) is 28.2 Å². The maximum atomic E-state index is 5.01. The normalized spacial score (nSPS) is 13.4. The molecule has 5 heteroatoms. The van der Waals surface area contributed by atoms with Crippen LogP contribution in [0.25, 0.3) is 0 Å². The van der Waals surface area contributed by atoms with Gasteiger partial charge in [-0.15, -0.1) is 0 Å². The molecule has 0 amide bonds. The summed E-state index contributed by atoms with van der Waals surface area (Å²) in [4.78, 5) is 4.87. The number of rotatable bonds is 5. The van der Waals surface area contributed by atoms with Gasteiger partial charge in [0.25, 0.3) is 0 Å². The summed E-state index contributed by atoms with van der Waals surface area (Å²) in [6, 6.07) is 14.6. The third-order valence-corrected chi connectivity index (χ3v) is 5.47. The molecule has 164 valence electrons. The van der Waals surface area contributed by atoms with Gasteiger partial charge in [-0.05, 0) is 70.0 Å². The van der Waals surface area contributed by atoms with Gasteiger partial charge in [-0.2, -0.15) is 10.2 Å². The first kappa shape index (κ1) is 22.7. The lowest BCUT2D eigenvalue weighted by Gasteiger charge is -2.21. The Labute approximate surface area is 186 Å². The summed E-state index contributed by atoms with van der Waals surface area (Å²) >= 11 is 0. The zero-order valence-corrected chi connectivity index (χ0v) is 20.4. The van der Waals surface area contributed by atoms with E-state index in [1.165, 1.54) is 11.4 Å². The largest absolute Gasteiger partial charge is 0.245 e. The van der Waals surface area contributed by atoms with E-state index < -0.39 is 0 Å². The minimum atomic E-state index is 0.00191. The molecular formula is C26H35N5. The van der Waals surface area contributed by atoms with Gasteiger partial charge in [0.2, 0.25) is 0 Å². The molecule has 0 radical (unpaired) electrons. The van der Waals surface area contributed by atoms with Crippen molar-refractivity contribution >= 4 is 11.4 Å². The fourth-order valence-electron chi connectivity index (χ4n) is 3.62. The zero-order chi connectivity index (χ0) is 22.9. The first-order chi connectivity index (χ1) is 14.5. The van der Waals surface area contributed by atoms with Gasteiger partial charge in [0.15, 0.2) is 0 Å². The van der Waals surface area contributed by atoms with E-state index in [0.717, 1.165) is 34.2 Å². The second-order valence-electron chi connectivity index (χ2n) is 9.57. The van der Waals surface area contributed by atoms with E-state index >= 15 is 0 Å². The Bertz CT molecular complexity index is 1110. The van der Waals surface area contributed by atoms with Crippen molar-refractivity contribution < 1.29 is 0 Å². The molecule has 0 saturated heterocycles. The van der Waals surface area contributed by atoms with E-state index in [2.05, 4.69) is 77.4 Å². The Balaban J connectivity index is 2.02. The summed E-state index contributed by atoms with van der Waals surface area (Å²) in [5, 5.41) is 9.78. The number of nitrogens with zero attached hydrogens (tertiary/aromatic N) is 5. The van der Waals surface area contributed by atoms with Crippen LogP contribution in [0.15, 0.2) is 52.7 Å². The highest BCUT2D eigenvalue weighted by Gasteiger charge is 2.22. The van der Waals surface area contributed by atoms with Gasteiger partial charge >= 0.3 is 0 Å². The van der Waals surface area contributed by atoms with Crippen molar-refractivity contribution in [2.75, 3.05) is 0 Å². The molecule has 0 unspecified atom stereocenters. The van der Waals surface area contributed by atoms with Crippen molar-refractivity contribution in [1.29, 1.82) is 0 Å². The van der Waals surface area contributed by atoms with Crippen LogP contribution in [0.1, 0.15) is 88.5 Å². The standard InChI is InChI=1S/C26H35N5/c1-17(2)24-15-16-25(26(7,8)9)31(24)29-21(6)23-12-10-11-22(27-23)20(5)28-30-18(3)13-14-19(30)4/h10-17H,1-9H3/b28-20+,29-21+. The first-order valence-electron chi connectivity index (χ1n) is 10.9. The molecule has 0 N–H and O–H groups in total. The Kier molecular flexibility index (Phi) is 6.35. The van der Waals surface area contributed by atoms with Gasteiger partial charge in [-0.3, -0.25) is 0 Å². The second-order valence-corrected chi connectivity index (χ2v) is 9.57. The van der Waals surface area contributed by atoms with Crippen molar-refractivity contribution in [3.8, 4) is 0 Å². The van der Waals surface area contributed by atoms with Crippen LogP contribution in [0.3, 0.4) is 0 Å². The molecule has 0 aliphatic heterocycles. The molecule has 0 aromatic carbocycles. The third kappa shape index (κ3) is 4.87. The maximum Gasteiger partial charge on any atom is 0.0867 e. The van der Waals surface area contributed by atoms with Crippen LogP contribution >= 0.6 is 0 Å². The van der Waals surface area contributed by atoms with Crippen LogP contribution in [0.2, 0.25) is 0 Å². The monoisotopic (exact) mass is 417 g/mol. The molecule has 0 atom stereocenters. The van der Waals surface area contributed by atoms with Crippen LogP contribution in [-0.4, -0.2) is 25.8 Å². The molecule has 0 aliphatic carbocycles. The average Bonchev–Trinajstić information content (AvgIpc) is 3.26. The van der Waals surface area contributed by atoms with E-state index in [9.17, 15) is 0 Å². The summed E-state index contributed by atoms with van der Waals surface area (Å²) in [6.07, 6.45) is 0. The Morgan fingerprint density at radius 1 is 0.806 bits per heavy atom. The number of hydrogen-bond donors (Lipinski definition) is 0. The predicted octanol–water partition coefficient (Wildman–Crippen LogP) is 6.27. The number of aromatic nitrogens is 3. The van der Waals surface area contributed by atoms with E-state index in [4.69, 9.17) is 15.2 Å². The molecule has 3 aromatic heterocycles. The number of pyridine rings is 1. The second kappa shape index (κ2) is 8.66. The molecule has 0 bridgehead atoms. The summed E-state index contributed by atoms with van der Waals surface area (Å²) in [5.41, 5.74) is 8.08.